The maximum absolute atomic E-state index is 13.0. The number of carbonyl (C=O) groups is 1. The third-order valence-corrected chi connectivity index (χ3v) is 5.22. The van der Waals surface area contributed by atoms with E-state index >= 15 is 0 Å². The number of fused-ring (bicyclic) bond motifs is 1. The van der Waals surface area contributed by atoms with Gasteiger partial charge in [-0.2, -0.15) is 5.10 Å². The van der Waals surface area contributed by atoms with E-state index in [0.717, 1.165) is 32.5 Å². The number of aryl methyl sites for hydroxylation is 1. The number of benzene rings is 1. The van der Waals surface area contributed by atoms with E-state index in [9.17, 15) is 4.79 Å². The van der Waals surface area contributed by atoms with Crippen LogP contribution < -0.4 is 0 Å². The maximum atomic E-state index is 13.0. The fraction of sp³-hybridized carbons (Fsp3) is 0.474. The lowest BCUT2D eigenvalue weighted by Gasteiger charge is -2.38. The zero-order valence-corrected chi connectivity index (χ0v) is 14.2. The van der Waals surface area contributed by atoms with Gasteiger partial charge in [-0.15, -0.1) is 0 Å². The summed E-state index contributed by atoms with van der Waals surface area (Å²) in [5.41, 5.74) is 3.76. The fourth-order valence-corrected chi connectivity index (χ4v) is 3.94. The SMILES string of the molecule is Cn1cc(C2CN(C(=O)N3CCCCC3)Cc3ccccc32)cn1. The van der Waals surface area contributed by atoms with E-state index in [4.69, 9.17) is 0 Å². The van der Waals surface area contributed by atoms with Gasteiger partial charge in [0.05, 0.1) is 6.20 Å². The van der Waals surface area contributed by atoms with Crippen LogP contribution >= 0.6 is 0 Å². The molecule has 24 heavy (non-hydrogen) atoms. The molecule has 1 saturated heterocycles. The molecule has 0 spiro atoms. The number of likely N-dealkylation sites (tertiary alicyclic amines) is 1. The van der Waals surface area contributed by atoms with E-state index in [-0.39, 0.29) is 11.9 Å². The standard InChI is InChI=1S/C19H24N4O/c1-21-12-16(11-20-21)18-14-23(13-15-7-3-4-8-17(15)18)19(24)22-9-5-2-6-10-22/h3-4,7-8,11-12,18H,2,5-6,9-10,13-14H2,1H3. The van der Waals surface area contributed by atoms with Gasteiger partial charge in [0.1, 0.15) is 0 Å². The molecule has 2 aromatic rings. The Labute approximate surface area is 142 Å². The van der Waals surface area contributed by atoms with Crippen LogP contribution in [0.25, 0.3) is 0 Å². The highest BCUT2D eigenvalue weighted by Gasteiger charge is 2.32. The number of aromatic nitrogens is 2. The number of carbonyl (C=O) groups excluding carboxylic acids is 1. The van der Waals surface area contributed by atoms with Crippen LogP contribution in [-0.4, -0.2) is 45.2 Å². The molecule has 5 nitrogen and oxygen atoms in total. The second-order valence-corrected chi connectivity index (χ2v) is 6.91. The Balaban J connectivity index is 1.63. The van der Waals surface area contributed by atoms with E-state index in [1.165, 1.54) is 23.1 Å². The van der Waals surface area contributed by atoms with Crippen molar-refractivity contribution in [2.45, 2.75) is 31.7 Å². The number of urea groups is 1. The first-order chi connectivity index (χ1) is 11.7. The molecule has 0 saturated carbocycles. The minimum absolute atomic E-state index is 0.193. The second-order valence-electron chi connectivity index (χ2n) is 6.91. The summed E-state index contributed by atoms with van der Waals surface area (Å²) in [6.07, 6.45) is 7.49. The summed E-state index contributed by atoms with van der Waals surface area (Å²) in [6.45, 7) is 3.24. The first kappa shape index (κ1) is 15.2. The molecule has 1 fully saturated rings. The lowest BCUT2D eigenvalue weighted by molar-refractivity contribution is 0.136. The number of hydrogen-bond acceptors (Lipinski definition) is 2. The molecular weight excluding hydrogens is 300 g/mol. The third kappa shape index (κ3) is 2.79. The summed E-state index contributed by atoms with van der Waals surface area (Å²) in [5, 5.41) is 4.33. The van der Waals surface area contributed by atoms with Crippen LogP contribution in [0.5, 0.6) is 0 Å². The molecule has 0 N–H and O–H groups in total. The van der Waals surface area contributed by atoms with Gasteiger partial charge in [0.25, 0.3) is 0 Å². The molecule has 0 aliphatic carbocycles. The largest absolute Gasteiger partial charge is 0.325 e. The minimum Gasteiger partial charge on any atom is -0.325 e. The topological polar surface area (TPSA) is 41.4 Å². The van der Waals surface area contributed by atoms with Gasteiger partial charge in [-0.05, 0) is 36.0 Å². The highest BCUT2D eigenvalue weighted by molar-refractivity contribution is 5.75. The zero-order valence-electron chi connectivity index (χ0n) is 14.2. The molecule has 1 atom stereocenters. The molecule has 1 aromatic carbocycles. The smallest absolute Gasteiger partial charge is 0.320 e. The quantitative estimate of drug-likeness (QED) is 0.809. The molecule has 5 heteroatoms. The van der Waals surface area contributed by atoms with Crippen LogP contribution in [0.4, 0.5) is 4.79 Å². The molecule has 1 aromatic heterocycles. The van der Waals surface area contributed by atoms with Gasteiger partial charge in [0.2, 0.25) is 0 Å². The Morgan fingerprint density at radius 2 is 1.92 bits per heavy atom. The van der Waals surface area contributed by atoms with Crippen molar-refractivity contribution in [2.24, 2.45) is 7.05 Å². The van der Waals surface area contributed by atoms with E-state index in [1.807, 2.05) is 27.7 Å². The Kier molecular flexibility index (Phi) is 4.00. The van der Waals surface area contributed by atoms with Crippen molar-refractivity contribution >= 4 is 6.03 Å². The predicted octanol–water partition coefficient (Wildman–Crippen LogP) is 2.97. The van der Waals surface area contributed by atoms with E-state index < -0.39 is 0 Å². The van der Waals surface area contributed by atoms with Gasteiger partial charge in [0, 0.05) is 45.3 Å². The Bertz CT molecular complexity index is 732. The van der Waals surface area contributed by atoms with Crippen LogP contribution in [0.15, 0.2) is 36.7 Å². The summed E-state index contributed by atoms with van der Waals surface area (Å²) in [6, 6.07) is 8.68. The molecule has 1 unspecified atom stereocenters. The Morgan fingerprint density at radius 1 is 1.12 bits per heavy atom. The van der Waals surface area contributed by atoms with Crippen molar-refractivity contribution in [1.82, 2.24) is 19.6 Å². The summed E-state index contributed by atoms with van der Waals surface area (Å²) in [5.74, 6) is 0.206. The monoisotopic (exact) mass is 324 g/mol. The number of rotatable bonds is 1. The molecular formula is C19H24N4O. The molecule has 3 heterocycles. The molecule has 126 valence electrons. The van der Waals surface area contributed by atoms with Gasteiger partial charge >= 0.3 is 6.03 Å². The van der Waals surface area contributed by atoms with E-state index in [1.54, 1.807) is 0 Å². The van der Waals surface area contributed by atoms with Crippen molar-refractivity contribution in [1.29, 1.82) is 0 Å². The maximum Gasteiger partial charge on any atom is 0.320 e. The average Bonchev–Trinajstić information content (AvgIpc) is 3.07. The third-order valence-electron chi connectivity index (χ3n) is 5.22. The molecule has 0 bridgehead atoms. The highest BCUT2D eigenvalue weighted by Crippen LogP contribution is 2.33. The number of hydrogen-bond donors (Lipinski definition) is 0. The van der Waals surface area contributed by atoms with Crippen LogP contribution in [0, 0.1) is 0 Å². The van der Waals surface area contributed by atoms with Gasteiger partial charge < -0.3 is 9.80 Å². The van der Waals surface area contributed by atoms with Gasteiger partial charge in [-0.25, -0.2) is 4.79 Å². The van der Waals surface area contributed by atoms with Crippen molar-refractivity contribution in [3.63, 3.8) is 0 Å². The van der Waals surface area contributed by atoms with Crippen LogP contribution in [0.1, 0.15) is 41.9 Å². The Hall–Kier alpha value is -2.30. The van der Waals surface area contributed by atoms with Crippen molar-refractivity contribution in [3.8, 4) is 0 Å². The summed E-state index contributed by atoms with van der Waals surface area (Å²) >= 11 is 0. The highest BCUT2D eigenvalue weighted by atomic mass is 16.2. The predicted molar refractivity (Wildman–Crippen MR) is 92.7 cm³/mol. The Morgan fingerprint density at radius 3 is 2.67 bits per heavy atom. The van der Waals surface area contributed by atoms with Crippen molar-refractivity contribution < 1.29 is 4.79 Å². The number of piperidine rings is 1. The first-order valence-corrected chi connectivity index (χ1v) is 8.82. The molecule has 2 amide bonds. The van der Waals surface area contributed by atoms with Crippen molar-refractivity contribution in [3.05, 3.63) is 53.3 Å². The normalized spacial score (nSPS) is 20.8. The summed E-state index contributed by atoms with van der Waals surface area (Å²) < 4.78 is 1.84. The van der Waals surface area contributed by atoms with Gasteiger partial charge in [-0.3, -0.25) is 4.68 Å². The van der Waals surface area contributed by atoms with Crippen molar-refractivity contribution in [2.75, 3.05) is 19.6 Å². The lowest BCUT2D eigenvalue weighted by atomic mass is 9.86. The minimum atomic E-state index is 0.193. The molecule has 2 aliphatic rings. The van der Waals surface area contributed by atoms with Gasteiger partial charge in [-0.1, -0.05) is 24.3 Å². The molecule has 2 aliphatic heterocycles. The van der Waals surface area contributed by atoms with E-state index in [2.05, 4.69) is 35.6 Å². The summed E-state index contributed by atoms with van der Waals surface area (Å²) in [4.78, 5) is 17.0. The average molecular weight is 324 g/mol. The summed E-state index contributed by atoms with van der Waals surface area (Å²) in [7, 11) is 1.94. The molecule has 0 radical (unpaired) electrons. The zero-order chi connectivity index (χ0) is 16.5. The van der Waals surface area contributed by atoms with E-state index in [0.29, 0.717) is 6.54 Å². The second kappa shape index (κ2) is 6.30. The molecule has 4 rings (SSSR count). The first-order valence-electron chi connectivity index (χ1n) is 8.82. The fourth-order valence-electron chi connectivity index (χ4n) is 3.94. The number of nitrogens with zero attached hydrogens (tertiary/aromatic N) is 4. The van der Waals surface area contributed by atoms with Crippen LogP contribution in [0.3, 0.4) is 0 Å². The van der Waals surface area contributed by atoms with Crippen LogP contribution in [0.2, 0.25) is 0 Å². The lowest BCUT2D eigenvalue weighted by Crippen LogP contribution is -2.48. The number of amides is 2. The van der Waals surface area contributed by atoms with Crippen LogP contribution in [-0.2, 0) is 13.6 Å². The van der Waals surface area contributed by atoms with Gasteiger partial charge in [0.15, 0.2) is 0 Å².